The topological polar surface area (TPSA) is 115 Å². The van der Waals surface area contributed by atoms with Gasteiger partial charge in [-0.15, -0.1) is 0 Å². The van der Waals surface area contributed by atoms with Gasteiger partial charge in [-0.25, -0.2) is 0 Å². The number of hydrogen-bond donors (Lipinski definition) is 4. The van der Waals surface area contributed by atoms with Crippen molar-refractivity contribution in [2.75, 3.05) is 0 Å². The van der Waals surface area contributed by atoms with E-state index in [1.807, 2.05) is 0 Å². The first-order valence-electron chi connectivity index (χ1n) is 7.39. The zero-order valence-electron chi connectivity index (χ0n) is 12.8. The largest absolute Gasteiger partial charge is 0.504 e. The molecule has 0 aliphatic rings. The van der Waals surface area contributed by atoms with E-state index in [1.165, 1.54) is 18.2 Å². The third-order valence-electron chi connectivity index (χ3n) is 3.91. The molecule has 0 amide bonds. The lowest BCUT2D eigenvalue weighted by Crippen LogP contribution is -2.33. The number of aliphatic carboxylic acids is 2. The van der Waals surface area contributed by atoms with Crippen molar-refractivity contribution in [1.29, 1.82) is 0 Å². The summed E-state index contributed by atoms with van der Waals surface area (Å²) in [6.45, 7) is 0. The molecular formula is C18H18O6. The highest BCUT2D eigenvalue weighted by molar-refractivity contribution is 5.80. The molecule has 0 saturated carbocycles. The average molecular weight is 330 g/mol. The molecule has 126 valence electrons. The van der Waals surface area contributed by atoms with Gasteiger partial charge in [-0.2, -0.15) is 0 Å². The molecule has 2 aromatic carbocycles. The molecule has 0 aromatic heterocycles. The van der Waals surface area contributed by atoms with Crippen LogP contribution in [0.5, 0.6) is 11.5 Å². The molecular weight excluding hydrogens is 312 g/mol. The summed E-state index contributed by atoms with van der Waals surface area (Å²) in [4.78, 5) is 23.2. The second-order valence-electron chi connectivity index (χ2n) is 5.61. The number of carboxylic acid groups (broad SMARTS) is 2. The first-order chi connectivity index (χ1) is 11.4. The minimum atomic E-state index is -1.22. The molecule has 2 rings (SSSR count). The van der Waals surface area contributed by atoms with Crippen molar-refractivity contribution in [3.63, 3.8) is 0 Å². The Labute approximate surface area is 138 Å². The van der Waals surface area contributed by atoms with Crippen LogP contribution in [0.3, 0.4) is 0 Å². The van der Waals surface area contributed by atoms with E-state index in [4.69, 9.17) is 0 Å². The van der Waals surface area contributed by atoms with Crippen molar-refractivity contribution >= 4 is 11.9 Å². The van der Waals surface area contributed by atoms with Crippen LogP contribution in [-0.4, -0.2) is 32.4 Å². The number of carboxylic acids is 2. The zero-order chi connectivity index (χ0) is 17.7. The third-order valence-corrected chi connectivity index (χ3v) is 3.91. The van der Waals surface area contributed by atoms with Crippen LogP contribution in [-0.2, 0) is 22.4 Å². The molecule has 0 bridgehead atoms. The Balaban J connectivity index is 2.26. The monoisotopic (exact) mass is 330 g/mol. The average Bonchev–Trinajstić information content (AvgIpc) is 2.54. The number of hydrogen-bond acceptors (Lipinski definition) is 4. The van der Waals surface area contributed by atoms with E-state index in [1.54, 1.807) is 30.3 Å². The van der Waals surface area contributed by atoms with Gasteiger partial charge in [-0.3, -0.25) is 9.59 Å². The molecule has 0 aliphatic heterocycles. The number of carbonyl (C=O) groups is 2. The van der Waals surface area contributed by atoms with Crippen LogP contribution >= 0.6 is 0 Å². The van der Waals surface area contributed by atoms with Crippen LogP contribution in [0.15, 0.2) is 48.5 Å². The molecule has 6 nitrogen and oxygen atoms in total. The van der Waals surface area contributed by atoms with Crippen LogP contribution in [0, 0.1) is 11.8 Å². The molecule has 6 heteroatoms. The molecule has 0 spiro atoms. The maximum absolute atomic E-state index is 11.6. The van der Waals surface area contributed by atoms with Gasteiger partial charge in [0.15, 0.2) is 11.5 Å². The molecule has 0 fully saturated rings. The summed E-state index contributed by atoms with van der Waals surface area (Å²) < 4.78 is 0. The van der Waals surface area contributed by atoms with Crippen LogP contribution in [0.4, 0.5) is 0 Å². The smallest absolute Gasteiger partial charge is 0.307 e. The van der Waals surface area contributed by atoms with Gasteiger partial charge in [0.2, 0.25) is 0 Å². The fourth-order valence-corrected chi connectivity index (χ4v) is 2.62. The van der Waals surface area contributed by atoms with Crippen molar-refractivity contribution in [3.8, 4) is 11.5 Å². The molecule has 4 N–H and O–H groups in total. The molecule has 2 aromatic rings. The summed E-state index contributed by atoms with van der Waals surface area (Å²) in [7, 11) is 0. The van der Waals surface area contributed by atoms with Crippen LogP contribution < -0.4 is 0 Å². The molecule has 0 heterocycles. The molecule has 0 unspecified atom stereocenters. The van der Waals surface area contributed by atoms with E-state index in [-0.39, 0.29) is 24.3 Å². The van der Waals surface area contributed by atoms with E-state index < -0.39 is 23.8 Å². The Kier molecular flexibility index (Phi) is 5.42. The van der Waals surface area contributed by atoms with Crippen molar-refractivity contribution in [2.45, 2.75) is 12.8 Å². The normalized spacial score (nSPS) is 13.2. The second kappa shape index (κ2) is 7.50. The number of rotatable bonds is 7. The summed E-state index contributed by atoms with van der Waals surface area (Å²) >= 11 is 0. The highest BCUT2D eigenvalue weighted by atomic mass is 16.4. The molecule has 0 aliphatic carbocycles. The first-order valence-corrected chi connectivity index (χ1v) is 7.39. The Hall–Kier alpha value is -3.02. The van der Waals surface area contributed by atoms with Gasteiger partial charge in [0.25, 0.3) is 0 Å². The Morgan fingerprint density at radius 3 is 1.79 bits per heavy atom. The van der Waals surface area contributed by atoms with Crippen LogP contribution in [0.2, 0.25) is 0 Å². The highest BCUT2D eigenvalue weighted by Crippen LogP contribution is 2.28. The molecule has 2 atom stereocenters. The van der Waals surface area contributed by atoms with E-state index in [0.717, 1.165) is 5.56 Å². The third kappa shape index (κ3) is 4.25. The fourth-order valence-electron chi connectivity index (χ4n) is 2.62. The van der Waals surface area contributed by atoms with Gasteiger partial charge >= 0.3 is 11.9 Å². The maximum atomic E-state index is 11.6. The van der Waals surface area contributed by atoms with Crippen LogP contribution in [0.1, 0.15) is 11.1 Å². The first kappa shape index (κ1) is 17.3. The summed E-state index contributed by atoms with van der Waals surface area (Å²) in [6.07, 6.45) is 0.0319. The van der Waals surface area contributed by atoms with Gasteiger partial charge in [0.1, 0.15) is 0 Å². The molecule has 0 radical (unpaired) electrons. The van der Waals surface area contributed by atoms with Crippen LogP contribution in [0.25, 0.3) is 0 Å². The predicted molar refractivity (Wildman–Crippen MR) is 85.9 cm³/mol. The Bertz CT molecular complexity index is 726. The van der Waals surface area contributed by atoms with E-state index in [2.05, 4.69) is 0 Å². The lowest BCUT2D eigenvalue weighted by atomic mass is 9.82. The standard InChI is InChI=1S/C18H18O6/c19-15-7-6-12(10-16(15)20)9-14(18(23)24)13(17(21)22)8-11-4-2-1-3-5-11/h1-7,10,13-14,19-20H,8-9H2,(H,21,22)(H,23,24)/t13-,14-/m0/s1. The molecule has 0 saturated heterocycles. The van der Waals surface area contributed by atoms with Gasteiger partial charge in [-0.1, -0.05) is 36.4 Å². The van der Waals surface area contributed by atoms with Gasteiger partial charge in [-0.05, 0) is 36.1 Å². The summed E-state index contributed by atoms with van der Waals surface area (Å²) in [5, 5.41) is 37.8. The quantitative estimate of drug-likeness (QED) is 0.579. The minimum absolute atomic E-state index is 0.0625. The predicted octanol–water partition coefficient (Wildman–Crippen LogP) is 2.28. The van der Waals surface area contributed by atoms with E-state index in [9.17, 15) is 30.0 Å². The lowest BCUT2D eigenvalue weighted by Gasteiger charge is -2.21. The molecule has 24 heavy (non-hydrogen) atoms. The van der Waals surface area contributed by atoms with Gasteiger partial charge < -0.3 is 20.4 Å². The number of phenolic OH excluding ortho intramolecular Hbond substituents is 2. The number of phenols is 2. The fraction of sp³-hybridized carbons (Fsp3) is 0.222. The van der Waals surface area contributed by atoms with Crippen molar-refractivity contribution < 1.29 is 30.0 Å². The van der Waals surface area contributed by atoms with Gasteiger partial charge in [0, 0.05) is 0 Å². The lowest BCUT2D eigenvalue weighted by molar-refractivity contribution is -0.153. The Morgan fingerprint density at radius 2 is 1.29 bits per heavy atom. The van der Waals surface area contributed by atoms with E-state index in [0.29, 0.717) is 5.56 Å². The zero-order valence-corrected chi connectivity index (χ0v) is 12.8. The van der Waals surface area contributed by atoms with Crippen molar-refractivity contribution in [1.82, 2.24) is 0 Å². The SMILES string of the molecule is O=C(O)[C@@H](Cc1ccccc1)[C@H](Cc1ccc(O)c(O)c1)C(=O)O. The second-order valence-corrected chi connectivity index (χ2v) is 5.61. The summed E-state index contributed by atoms with van der Waals surface area (Å²) in [5.41, 5.74) is 1.18. The van der Waals surface area contributed by atoms with Crippen molar-refractivity contribution in [3.05, 3.63) is 59.7 Å². The summed E-state index contributed by atoms with van der Waals surface area (Å²) in [6, 6.07) is 12.8. The summed E-state index contributed by atoms with van der Waals surface area (Å²) in [5.74, 6) is -5.36. The maximum Gasteiger partial charge on any atom is 0.307 e. The number of benzene rings is 2. The van der Waals surface area contributed by atoms with Crippen molar-refractivity contribution in [2.24, 2.45) is 11.8 Å². The van der Waals surface area contributed by atoms with Gasteiger partial charge in [0.05, 0.1) is 11.8 Å². The Morgan fingerprint density at radius 1 is 0.750 bits per heavy atom. The number of aromatic hydroxyl groups is 2. The highest BCUT2D eigenvalue weighted by Gasteiger charge is 2.34. The van der Waals surface area contributed by atoms with E-state index >= 15 is 0 Å². The minimum Gasteiger partial charge on any atom is -0.504 e.